The van der Waals surface area contributed by atoms with Crippen molar-refractivity contribution < 1.29 is 14.0 Å². The molecule has 0 unspecified atom stereocenters. The summed E-state index contributed by atoms with van der Waals surface area (Å²) in [7, 11) is 0. The molecule has 5 nitrogen and oxygen atoms in total. The molecule has 1 heterocycles. The van der Waals surface area contributed by atoms with Crippen LogP contribution < -0.4 is 16.0 Å². The van der Waals surface area contributed by atoms with E-state index in [1.165, 1.54) is 18.2 Å². The first-order chi connectivity index (χ1) is 13.1. The third-order valence-corrected chi connectivity index (χ3v) is 4.38. The minimum absolute atomic E-state index is 0.0563. The van der Waals surface area contributed by atoms with Crippen LogP contribution in [-0.4, -0.2) is 11.9 Å². The number of carbonyl (C=O) groups excluding carboxylic acids is 2. The van der Waals surface area contributed by atoms with Crippen LogP contribution in [0.3, 0.4) is 0 Å². The Hall–Kier alpha value is -3.67. The van der Waals surface area contributed by atoms with Crippen LogP contribution in [0.5, 0.6) is 0 Å². The van der Waals surface area contributed by atoms with E-state index in [2.05, 4.69) is 16.0 Å². The predicted molar refractivity (Wildman–Crippen MR) is 102 cm³/mol. The summed E-state index contributed by atoms with van der Waals surface area (Å²) >= 11 is 0. The topological polar surface area (TPSA) is 70.2 Å². The van der Waals surface area contributed by atoms with Gasteiger partial charge in [0.25, 0.3) is 5.91 Å². The Bertz CT molecular complexity index is 1030. The maximum absolute atomic E-state index is 13.2. The highest BCUT2D eigenvalue weighted by molar-refractivity contribution is 6.01. The minimum atomic E-state index is -0.455. The second-order valence-electron chi connectivity index (χ2n) is 6.18. The first-order valence-corrected chi connectivity index (χ1v) is 8.44. The zero-order valence-corrected chi connectivity index (χ0v) is 14.3. The van der Waals surface area contributed by atoms with Gasteiger partial charge >= 0.3 is 6.03 Å². The standard InChI is InChI=1S/C21H16FN3O2/c22-14-3-1-4-16(11-14)25-21(27)24-15-9-7-13(8-10-15)17-5-2-6-18-19(17)12-23-20(18)26/h1-11H,12H2,(H,23,26)(H2,24,25,27). The molecule has 4 rings (SSSR count). The molecule has 0 fully saturated rings. The molecule has 3 N–H and O–H groups in total. The number of fused-ring (bicyclic) bond motifs is 1. The molecular formula is C21H16FN3O2. The molecule has 0 aromatic heterocycles. The number of anilines is 2. The second kappa shape index (κ2) is 6.92. The number of rotatable bonds is 3. The van der Waals surface area contributed by atoms with Gasteiger partial charge in [0.1, 0.15) is 5.82 Å². The summed E-state index contributed by atoms with van der Waals surface area (Å²) in [5, 5.41) is 8.12. The van der Waals surface area contributed by atoms with Gasteiger partial charge in [0.15, 0.2) is 0 Å². The lowest BCUT2D eigenvalue weighted by molar-refractivity contribution is 0.0965. The largest absolute Gasteiger partial charge is 0.348 e. The Morgan fingerprint density at radius 3 is 2.37 bits per heavy atom. The molecule has 134 valence electrons. The van der Waals surface area contributed by atoms with Crippen LogP contribution in [0, 0.1) is 5.82 Å². The predicted octanol–water partition coefficient (Wildman–Crippen LogP) is 4.38. The van der Waals surface area contributed by atoms with E-state index in [9.17, 15) is 14.0 Å². The number of halogens is 1. The molecule has 1 aliphatic rings. The van der Waals surface area contributed by atoms with Crippen molar-refractivity contribution in [3.8, 4) is 11.1 Å². The van der Waals surface area contributed by atoms with Crippen LogP contribution in [-0.2, 0) is 6.54 Å². The molecule has 0 atom stereocenters. The quantitative estimate of drug-likeness (QED) is 0.648. The van der Waals surface area contributed by atoms with Gasteiger partial charge in [0.05, 0.1) is 0 Å². The monoisotopic (exact) mass is 361 g/mol. The molecule has 0 bridgehead atoms. The van der Waals surface area contributed by atoms with Gasteiger partial charge in [0, 0.05) is 23.5 Å². The normalized spacial score (nSPS) is 12.3. The maximum Gasteiger partial charge on any atom is 0.323 e. The van der Waals surface area contributed by atoms with Crippen molar-refractivity contribution >= 4 is 23.3 Å². The second-order valence-corrected chi connectivity index (χ2v) is 6.18. The number of hydrogen-bond acceptors (Lipinski definition) is 2. The van der Waals surface area contributed by atoms with Crippen molar-refractivity contribution in [2.45, 2.75) is 6.54 Å². The molecular weight excluding hydrogens is 345 g/mol. The molecule has 0 saturated carbocycles. The number of amides is 3. The van der Waals surface area contributed by atoms with Crippen molar-refractivity contribution in [2.24, 2.45) is 0 Å². The summed E-state index contributed by atoms with van der Waals surface area (Å²) in [5.41, 5.74) is 4.60. The Morgan fingerprint density at radius 1 is 0.889 bits per heavy atom. The van der Waals surface area contributed by atoms with E-state index < -0.39 is 11.8 Å². The van der Waals surface area contributed by atoms with Crippen molar-refractivity contribution in [1.29, 1.82) is 0 Å². The highest BCUT2D eigenvalue weighted by atomic mass is 19.1. The molecule has 0 radical (unpaired) electrons. The first kappa shape index (κ1) is 16.8. The SMILES string of the molecule is O=C(Nc1ccc(-c2cccc3c2CNC3=O)cc1)Nc1cccc(F)c1. The number of nitrogens with one attached hydrogen (secondary N) is 3. The van der Waals surface area contributed by atoms with Crippen LogP contribution >= 0.6 is 0 Å². The van der Waals surface area contributed by atoms with E-state index in [1.54, 1.807) is 18.2 Å². The van der Waals surface area contributed by atoms with Crippen LogP contribution in [0.4, 0.5) is 20.6 Å². The van der Waals surface area contributed by atoms with Crippen LogP contribution in [0.15, 0.2) is 66.7 Å². The third kappa shape index (κ3) is 3.50. The summed E-state index contributed by atoms with van der Waals surface area (Å²) in [6, 6.07) is 18.2. The summed E-state index contributed by atoms with van der Waals surface area (Å²) in [6.45, 7) is 0.514. The Kier molecular flexibility index (Phi) is 4.30. The van der Waals surface area contributed by atoms with Gasteiger partial charge in [-0.2, -0.15) is 0 Å². The zero-order valence-electron chi connectivity index (χ0n) is 14.3. The minimum Gasteiger partial charge on any atom is -0.348 e. The highest BCUT2D eigenvalue weighted by Crippen LogP contribution is 2.30. The molecule has 3 aromatic carbocycles. The van der Waals surface area contributed by atoms with Crippen LogP contribution in [0.1, 0.15) is 15.9 Å². The lowest BCUT2D eigenvalue weighted by atomic mass is 9.97. The number of benzene rings is 3. The zero-order chi connectivity index (χ0) is 18.8. The average molecular weight is 361 g/mol. The number of hydrogen-bond donors (Lipinski definition) is 3. The molecule has 0 spiro atoms. The lowest BCUT2D eigenvalue weighted by Gasteiger charge is -2.10. The van der Waals surface area contributed by atoms with E-state index in [1.807, 2.05) is 30.3 Å². The smallest absolute Gasteiger partial charge is 0.323 e. The van der Waals surface area contributed by atoms with Crippen LogP contribution in [0.2, 0.25) is 0 Å². The average Bonchev–Trinajstić information content (AvgIpc) is 3.04. The van der Waals surface area contributed by atoms with Gasteiger partial charge in [0.2, 0.25) is 0 Å². The summed E-state index contributed by atoms with van der Waals surface area (Å²) in [5.74, 6) is -0.473. The lowest BCUT2D eigenvalue weighted by Crippen LogP contribution is -2.19. The Balaban J connectivity index is 1.48. The van der Waals surface area contributed by atoms with Gasteiger partial charge in [-0.3, -0.25) is 4.79 Å². The van der Waals surface area contributed by atoms with E-state index in [0.29, 0.717) is 23.5 Å². The number of urea groups is 1. The summed E-state index contributed by atoms with van der Waals surface area (Å²) in [4.78, 5) is 23.9. The van der Waals surface area contributed by atoms with Gasteiger partial charge in [-0.05, 0) is 53.1 Å². The Morgan fingerprint density at radius 2 is 1.59 bits per heavy atom. The summed E-state index contributed by atoms with van der Waals surface area (Å²) < 4.78 is 13.2. The van der Waals surface area contributed by atoms with Crippen molar-refractivity contribution in [3.63, 3.8) is 0 Å². The van der Waals surface area contributed by atoms with Crippen LogP contribution in [0.25, 0.3) is 11.1 Å². The first-order valence-electron chi connectivity index (χ1n) is 8.44. The van der Waals surface area contributed by atoms with E-state index >= 15 is 0 Å². The molecule has 27 heavy (non-hydrogen) atoms. The molecule has 0 saturated heterocycles. The van der Waals surface area contributed by atoms with Gasteiger partial charge in [-0.15, -0.1) is 0 Å². The van der Waals surface area contributed by atoms with E-state index in [0.717, 1.165) is 16.7 Å². The molecule has 0 aliphatic carbocycles. The van der Waals surface area contributed by atoms with E-state index in [4.69, 9.17) is 0 Å². The highest BCUT2D eigenvalue weighted by Gasteiger charge is 2.21. The fourth-order valence-electron chi connectivity index (χ4n) is 3.12. The van der Waals surface area contributed by atoms with Gasteiger partial charge < -0.3 is 16.0 Å². The van der Waals surface area contributed by atoms with Crippen molar-refractivity contribution in [1.82, 2.24) is 5.32 Å². The third-order valence-electron chi connectivity index (χ3n) is 4.38. The fraction of sp³-hybridized carbons (Fsp3) is 0.0476. The summed E-state index contributed by atoms with van der Waals surface area (Å²) in [6.07, 6.45) is 0. The molecule has 3 aromatic rings. The van der Waals surface area contributed by atoms with Crippen molar-refractivity contribution in [2.75, 3.05) is 10.6 Å². The molecule has 1 aliphatic heterocycles. The number of carbonyl (C=O) groups is 2. The van der Waals surface area contributed by atoms with Crippen molar-refractivity contribution in [3.05, 3.63) is 83.7 Å². The maximum atomic E-state index is 13.2. The van der Waals surface area contributed by atoms with Gasteiger partial charge in [-0.1, -0.05) is 30.3 Å². The molecule has 6 heteroatoms. The van der Waals surface area contributed by atoms with E-state index in [-0.39, 0.29) is 5.91 Å². The fourth-order valence-corrected chi connectivity index (χ4v) is 3.12. The Labute approximate surface area is 155 Å². The molecule has 3 amide bonds. The van der Waals surface area contributed by atoms with Gasteiger partial charge in [-0.25, -0.2) is 9.18 Å².